The fourth-order valence-electron chi connectivity index (χ4n) is 3.19. The van der Waals surface area contributed by atoms with Crippen molar-refractivity contribution in [1.29, 1.82) is 0 Å². The summed E-state index contributed by atoms with van der Waals surface area (Å²) in [6.07, 6.45) is 5.44. The zero-order valence-electron chi connectivity index (χ0n) is 13.2. The second-order valence-electron chi connectivity index (χ2n) is 6.95. The predicted molar refractivity (Wildman–Crippen MR) is 79.2 cm³/mol. The first-order valence-electron chi connectivity index (χ1n) is 8.01. The zero-order chi connectivity index (χ0) is 14.8. The molecule has 0 aromatic rings. The first-order valence-corrected chi connectivity index (χ1v) is 8.01. The summed E-state index contributed by atoms with van der Waals surface area (Å²) in [6, 6.07) is 0. The molecule has 2 amide bonds. The highest BCUT2D eigenvalue weighted by atomic mass is 16.2. The van der Waals surface area contributed by atoms with Crippen molar-refractivity contribution in [2.45, 2.75) is 52.9 Å². The lowest BCUT2D eigenvalue weighted by Gasteiger charge is -2.38. The van der Waals surface area contributed by atoms with Crippen LogP contribution in [-0.4, -0.2) is 47.8 Å². The Labute approximate surface area is 122 Å². The van der Waals surface area contributed by atoms with Crippen LogP contribution in [0, 0.1) is 11.3 Å². The van der Waals surface area contributed by atoms with Crippen LogP contribution < -0.4 is 0 Å². The Morgan fingerprint density at radius 1 is 0.850 bits per heavy atom. The third kappa shape index (κ3) is 3.15. The number of hydrogen-bond acceptors (Lipinski definition) is 2. The minimum Gasteiger partial charge on any atom is -0.342 e. The molecule has 2 fully saturated rings. The van der Waals surface area contributed by atoms with Gasteiger partial charge in [-0.05, 0) is 51.9 Å². The molecular weight excluding hydrogens is 252 g/mol. The highest BCUT2D eigenvalue weighted by Crippen LogP contribution is 2.27. The Morgan fingerprint density at radius 3 is 1.80 bits per heavy atom. The smallest absolute Gasteiger partial charge is 0.237 e. The van der Waals surface area contributed by atoms with E-state index < -0.39 is 5.41 Å². The minimum absolute atomic E-state index is 0.0139. The summed E-state index contributed by atoms with van der Waals surface area (Å²) in [5.74, 6) is 0.723. The second kappa shape index (κ2) is 6.15. The molecule has 2 rings (SSSR count). The number of rotatable bonds is 2. The molecule has 0 aromatic heterocycles. The van der Waals surface area contributed by atoms with E-state index in [-0.39, 0.29) is 11.8 Å². The van der Waals surface area contributed by atoms with Crippen LogP contribution in [0.3, 0.4) is 0 Å². The Morgan fingerprint density at radius 2 is 1.30 bits per heavy atom. The molecule has 0 unspecified atom stereocenters. The van der Waals surface area contributed by atoms with Gasteiger partial charge in [-0.2, -0.15) is 0 Å². The summed E-state index contributed by atoms with van der Waals surface area (Å²) in [5.41, 5.74) is -0.905. The van der Waals surface area contributed by atoms with Gasteiger partial charge in [0, 0.05) is 26.2 Å². The van der Waals surface area contributed by atoms with Crippen molar-refractivity contribution in [2.75, 3.05) is 26.2 Å². The van der Waals surface area contributed by atoms with Gasteiger partial charge in [0.2, 0.25) is 11.8 Å². The molecule has 2 aliphatic rings. The van der Waals surface area contributed by atoms with E-state index in [0.717, 1.165) is 51.9 Å². The van der Waals surface area contributed by atoms with Crippen molar-refractivity contribution in [3.63, 3.8) is 0 Å². The normalized spacial score (nSPS) is 21.9. The molecule has 114 valence electrons. The number of nitrogens with zero attached hydrogens (tertiary/aromatic N) is 2. The molecule has 0 aromatic carbocycles. The maximum atomic E-state index is 12.7. The molecule has 0 saturated carbocycles. The van der Waals surface area contributed by atoms with Gasteiger partial charge in [0.1, 0.15) is 5.41 Å². The molecule has 0 bridgehead atoms. The maximum Gasteiger partial charge on any atom is 0.237 e. The van der Waals surface area contributed by atoms with Gasteiger partial charge < -0.3 is 9.80 Å². The summed E-state index contributed by atoms with van der Waals surface area (Å²) in [6.45, 7) is 9.05. The molecule has 0 spiro atoms. The standard InChI is InChI=1S/C16H28N2O2/c1-13-7-11-18(12-8-13)15(20)16(2,3)14(19)17-9-5-4-6-10-17/h13H,4-12H2,1-3H3. The van der Waals surface area contributed by atoms with Crippen LogP contribution in [-0.2, 0) is 9.59 Å². The molecule has 4 heteroatoms. The van der Waals surface area contributed by atoms with Crippen LogP contribution in [0.15, 0.2) is 0 Å². The van der Waals surface area contributed by atoms with Gasteiger partial charge in [0.25, 0.3) is 0 Å². The van der Waals surface area contributed by atoms with Gasteiger partial charge in [-0.3, -0.25) is 9.59 Å². The summed E-state index contributed by atoms with van der Waals surface area (Å²) < 4.78 is 0. The molecule has 20 heavy (non-hydrogen) atoms. The third-order valence-electron chi connectivity index (χ3n) is 4.78. The van der Waals surface area contributed by atoms with Gasteiger partial charge in [0.05, 0.1) is 0 Å². The van der Waals surface area contributed by atoms with Gasteiger partial charge in [-0.25, -0.2) is 0 Å². The number of carbonyl (C=O) groups is 2. The van der Waals surface area contributed by atoms with Crippen LogP contribution in [0.1, 0.15) is 52.9 Å². The SMILES string of the molecule is CC1CCN(C(=O)C(C)(C)C(=O)N2CCCCC2)CC1. The van der Waals surface area contributed by atoms with E-state index >= 15 is 0 Å². The number of hydrogen-bond donors (Lipinski definition) is 0. The fourth-order valence-corrected chi connectivity index (χ4v) is 3.19. The lowest BCUT2D eigenvalue weighted by atomic mass is 9.87. The first-order chi connectivity index (χ1) is 9.43. The van der Waals surface area contributed by atoms with Crippen LogP contribution in [0.4, 0.5) is 0 Å². The van der Waals surface area contributed by atoms with Crippen LogP contribution in [0.25, 0.3) is 0 Å². The summed E-state index contributed by atoms with van der Waals surface area (Å²) in [5, 5.41) is 0. The predicted octanol–water partition coefficient (Wildman–Crippen LogP) is 2.28. The molecule has 0 aliphatic carbocycles. The van der Waals surface area contributed by atoms with Gasteiger partial charge >= 0.3 is 0 Å². The molecule has 0 N–H and O–H groups in total. The zero-order valence-corrected chi connectivity index (χ0v) is 13.2. The van der Waals surface area contributed by atoms with Crippen molar-refractivity contribution in [3.8, 4) is 0 Å². The lowest BCUT2D eigenvalue weighted by molar-refractivity contribution is -0.155. The molecule has 0 radical (unpaired) electrons. The van der Waals surface area contributed by atoms with E-state index in [1.165, 1.54) is 6.42 Å². The maximum absolute atomic E-state index is 12.7. The number of amides is 2. The van der Waals surface area contributed by atoms with Gasteiger partial charge in [-0.1, -0.05) is 6.92 Å². The molecular formula is C16H28N2O2. The Bertz CT molecular complexity index is 365. The highest BCUT2D eigenvalue weighted by molar-refractivity contribution is 6.04. The molecule has 4 nitrogen and oxygen atoms in total. The van der Waals surface area contributed by atoms with E-state index in [2.05, 4.69) is 6.92 Å². The van der Waals surface area contributed by atoms with Crippen molar-refractivity contribution in [2.24, 2.45) is 11.3 Å². The van der Waals surface area contributed by atoms with Crippen molar-refractivity contribution < 1.29 is 9.59 Å². The van der Waals surface area contributed by atoms with Crippen LogP contribution >= 0.6 is 0 Å². The second-order valence-corrected chi connectivity index (χ2v) is 6.95. The van der Waals surface area contributed by atoms with Crippen molar-refractivity contribution >= 4 is 11.8 Å². The molecule has 0 atom stereocenters. The Hall–Kier alpha value is -1.06. The minimum atomic E-state index is -0.905. The van der Waals surface area contributed by atoms with Gasteiger partial charge in [-0.15, -0.1) is 0 Å². The summed E-state index contributed by atoms with van der Waals surface area (Å²) in [7, 11) is 0. The monoisotopic (exact) mass is 280 g/mol. The third-order valence-corrected chi connectivity index (χ3v) is 4.78. The summed E-state index contributed by atoms with van der Waals surface area (Å²) in [4.78, 5) is 29.1. The Kier molecular flexibility index (Phi) is 4.71. The molecule has 2 heterocycles. The first kappa shape index (κ1) is 15.3. The largest absolute Gasteiger partial charge is 0.342 e. The fraction of sp³-hybridized carbons (Fsp3) is 0.875. The average molecular weight is 280 g/mol. The topological polar surface area (TPSA) is 40.6 Å². The highest BCUT2D eigenvalue weighted by Gasteiger charge is 2.42. The van der Waals surface area contributed by atoms with E-state index in [1.54, 1.807) is 13.8 Å². The molecule has 2 aliphatic heterocycles. The van der Waals surface area contributed by atoms with Crippen molar-refractivity contribution in [3.05, 3.63) is 0 Å². The lowest BCUT2D eigenvalue weighted by Crippen LogP contribution is -2.53. The number of piperidine rings is 2. The summed E-state index contributed by atoms with van der Waals surface area (Å²) >= 11 is 0. The van der Waals surface area contributed by atoms with Crippen LogP contribution in [0.5, 0.6) is 0 Å². The Balaban J connectivity index is 2.00. The van der Waals surface area contributed by atoms with E-state index in [9.17, 15) is 9.59 Å². The van der Waals surface area contributed by atoms with E-state index in [0.29, 0.717) is 5.92 Å². The molecule has 2 saturated heterocycles. The quantitative estimate of drug-likeness (QED) is 0.728. The van der Waals surface area contributed by atoms with Crippen molar-refractivity contribution in [1.82, 2.24) is 9.80 Å². The number of likely N-dealkylation sites (tertiary alicyclic amines) is 2. The average Bonchev–Trinajstić information content (AvgIpc) is 2.47. The van der Waals surface area contributed by atoms with Gasteiger partial charge in [0.15, 0.2) is 0 Å². The van der Waals surface area contributed by atoms with E-state index in [4.69, 9.17) is 0 Å². The van der Waals surface area contributed by atoms with Crippen LogP contribution in [0.2, 0.25) is 0 Å². The van der Waals surface area contributed by atoms with E-state index in [1.807, 2.05) is 9.80 Å². The number of carbonyl (C=O) groups excluding carboxylic acids is 2.